The summed E-state index contributed by atoms with van der Waals surface area (Å²) in [6, 6.07) is 0. The number of carbonyl (C=O) groups is 1. The van der Waals surface area contributed by atoms with Gasteiger partial charge in [0.1, 0.15) is 0 Å². The van der Waals surface area contributed by atoms with Crippen molar-refractivity contribution in [1.82, 2.24) is 0 Å². The minimum Gasteiger partial charge on any atom is -0.352 e. The molecule has 0 aromatic carbocycles. The van der Waals surface area contributed by atoms with Gasteiger partial charge in [-0.2, -0.15) is 0 Å². The van der Waals surface area contributed by atoms with Crippen LogP contribution in [0.3, 0.4) is 0 Å². The summed E-state index contributed by atoms with van der Waals surface area (Å²) in [5.74, 6) is 5.13. The van der Waals surface area contributed by atoms with E-state index in [9.17, 15) is 4.79 Å². The molecular formula is C26H34O3. The first-order valence-electron chi connectivity index (χ1n) is 12.2. The summed E-state index contributed by atoms with van der Waals surface area (Å²) in [4.78, 5) is 12.2. The van der Waals surface area contributed by atoms with Gasteiger partial charge < -0.3 is 9.47 Å². The van der Waals surface area contributed by atoms with Gasteiger partial charge in [0.2, 0.25) is 0 Å². The zero-order chi connectivity index (χ0) is 19.6. The van der Waals surface area contributed by atoms with Crippen molar-refractivity contribution < 1.29 is 14.3 Å². The van der Waals surface area contributed by atoms with Gasteiger partial charge in [-0.25, -0.2) is 0 Å². The first kappa shape index (κ1) is 17.7. The Morgan fingerprint density at radius 3 is 2.76 bits per heavy atom. The molecule has 0 aromatic heterocycles. The van der Waals surface area contributed by atoms with Gasteiger partial charge >= 0.3 is 0 Å². The molecule has 7 aliphatic rings. The lowest BCUT2D eigenvalue weighted by Gasteiger charge is -2.59. The molecule has 4 unspecified atom stereocenters. The van der Waals surface area contributed by atoms with E-state index in [0.29, 0.717) is 28.4 Å². The molecule has 156 valence electrons. The largest absolute Gasteiger partial charge is 0.352 e. The molecular weight excluding hydrogens is 360 g/mol. The number of fused-ring (bicyclic) bond motifs is 10. The zero-order valence-corrected chi connectivity index (χ0v) is 17.9. The number of methoxy groups -OCH3 is 1. The Labute approximate surface area is 174 Å². The van der Waals surface area contributed by atoms with Gasteiger partial charge in [0.25, 0.3) is 0 Å². The van der Waals surface area contributed by atoms with Gasteiger partial charge in [-0.1, -0.05) is 18.6 Å². The summed E-state index contributed by atoms with van der Waals surface area (Å²) in [6.07, 6.45) is 17.7. The second kappa shape index (κ2) is 5.46. The molecule has 0 amide bonds. The van der Waals surface area contributed by atoms with Crippen molar-refractivity contribution in [2.45, 2.75) is 76.6 Å². The summed E-state index contributed by atoms with van der Waals surface area (Å²) in [5, 5.41) is 0. The molecule has 0 radical (unpaired) electrons. The lowest BCUT2D eigenvalue weighted by atomic mass is 9.46. The van der Waals surface area contributed by atoms with Crippen molar-refractivity contribution in [3.05, 3.63) is 23.8 Å². The Kier molecular flexibility index (Phi) is 3.33. The molecule has 3 nitrogen and oxygen atoms in total. The van der Waals surface area contributed by atoms with Crippen LogP contribution in [0.5, 0.6) is 0 Å². The Balaban J connectivity index is 1.31. The minimum absolute atomic E-state index is 0.0713. The van der Waals surface area contributed by atoms with E-state index in [0.717, 1.165) is 36.5 Å². The summed E-state index contributed by atoms with van der Waals surface area (Å²) in [5.41, 5.74) is 2.22. The average Bonchev–Trinajstić information content (AvgIpc) is 3.64. The Morgan fingerprint density at radius 2 is 2.03 bits per heavy atom. The van der Waals surface area contributed by atoms with Crippen molar-refractivity contribution >= 4 is 5.78 Å². The van der Waals surface area contributed by atoms with Gasteiger partial charge in [-0.15, -0.1) is 0 Å². The highest BCUT2D eigenvalue weighted by Gasteiger charge is 2.78. The molecule has 9 atom stereocenters. The van der Waals surface area contributed by atoms with Crippen molar-refractivity contribution in [2.75, 3.05) is 7.11 Å². The van der Waals surface area contributed by atoms with Gasteiger partial charge in [0.05, 0.1) is 5.60 Å². The van der Waals surface area contributed by atoms with E-state index in [1.807, 2.05) is 0 Å². The van der Waals surface area contributed by atoms with Crippen LogP contribution in [0.25, 0.3) is 0 Å². The summed E-state index contributed by atoms with van der Waals surface area (Å²) in [7, 11) is 1.77. The molecule has 0 bridgehead atoms. The fourth-order valence-electron chi connectivity index (χ4n) is 9.73. The normalized spacial score (nSPS) is 55.3. The van der Waals surface area contributed by atoms with Crippen LogP contribution < -0.4 is 0 Å². The smallest absolute Gasteiger partial charge is 0.177 e. The SMILES string of the molecule is CC[C@]12CCC3C(CC4(CC4)C4=CC(=O)CC[C@@H]43)C1[C@H]1C[C@H]1[C@@]21C=CC(OC)O1. The summed E-state index contributed by atoms with van der Waals surface area (Å²) in [6.45, 7) is 2.43. The molecule has 1 aliphatic heterocycles. The molecule has 5 fully saturated rings. The first-order chi connectivity index (χ1) is 14.1. The topological polar surface area (TPSA) is 35.5 Å². The van der Waals surface area contributed by atoms with E-state index < -0.39 is 0 Å². The Morgan fingerprint density at radius 1 is 1.17 bits per heavy atom. The number of ketones is 1. The molecule has 29 heavy (non-hydrogen) atoms. The predicted molar refractivity (Wildman–Crippen MR) is 110 cm³/mol. The van der Waals surface area contributed by atoms with Crippen LogP contribution in [-0.4, -0.2) is 24.8 Å². The maximum atomic E-state index is 12.2. The van der Waals surface area contributed by atoms with Gasteiger partial charge in [-0.3, -0.25) is 4.79 Å². The lowest BCUT2D eigenvalue weighted by Crippen LogP contribution is -2.57. The van der Waals surface area contributed by atoms with E-state index >= 15 is 0 Å². The molecule has 6 aliphatic carbocycles. The van der Waals surface area contributed by atoms with Crippen LogP contribution in [0.15, 0.2) is 23.8 Å². The van der Waals surface area contributed by atoms with Crippen molar-refractivity contribution in [2.24, 2.45) is 46.3 Å². The van der Waals surface area contributed by atoms with Crippen LogP contribution in [-0.2, 0) is 14.3 Å². The molecule has 0 N–H and O–H groups in total. The fraction of sp³-hybridized carbons (Fsp3) is 0.808. The third-order valence-corrected chi connectivity index (χ3v) is 10.9. The monoisotopic (exact) mass is 394 g/mol. The first-order valence-corrected chi connectivity index (χ1v) is 12.2. The van der Waals surface area contributed by atoms with Crippen molar-refractivity contribution in [3.63, 3.8) is 0 Å². The third kappa shape index (κ3) is 1.96. The maximum absolute atomic E-state index is 12.2. The van der Waals surface area contributed by atoms with E-state index in [2.05, 4.69) is 25.2 Å². The minimum atomic E-state index is -0.156. The highest BCUT2D eigenvalue weighted by Crippen LogP contribution is 2.80. The fourth-order valence-corrected chi connectivity index (χ4v) is 9.73. The second-order valence-corrected chi connectivity index (χ2v) is 11.5. The van der Waals surface area contributed by atoms with E-state index in [1.165, 1.54) is 44.9 Å². The van der Waals surface area contributed by atoms with Gasteiger partial charge in [0.15, 0.2) is 12.1 Å². The number of hydrogen-bond donors (Lipinski definition) is 0. The van der Waals surface area contributed by atoms with Crippen molar-refractivity contribution in [3.8, 4) is 0 Å². The molecule has 2 spiro atoms. The van der Waals surface area contributed by atoms with Crippen molar-refractivity contribution in [1.29, 1.82) is 0 Å². The second-order valence-electron chi connectivity index (χ2n) is 11.5. The molecule has 1 heterocycles. The number of carbonyl (C=O) groups excluding carboxylic acids is 1. The third-order valence-electron chi connectivity index (χ3n) is 10.9. The van der Waals surface area contributed by atoms with Crippen LogP contribution >= 0.6 is 0 Å². The Hall–Kier alpha value is -0.930. The molecule has 7 rings (SSSR count). The van der Waals surface area contributed by atoms with E-state index in [4.69, 9.17) is 9.47 Å². The number of allylic oxidation sites excluding steroid dienone is 1. The van der Waals surface area contributed by atoms with Gasteiger partial charge in [-0.05, 0) is 104 Å². The zero-order valence-electron chi connectivity index (χ0n) is 17.9. The number of ether oxygens (including phenoxy) is 2. The van der Waals surface area contributed by atoms with Crippen LogP contribution in [0.1, 0.15) is 64.7 Å². The number of rotatable bonds is 2. The maximum Gasteiger partial charge on any atom is 0.177 e. The van der Waals surface area contributed by atoms with Crippen LogP contribution in [0.2, 0.25) is 0 Å². The van der Waals surface area contributed by atoms with E-state index in [1.54, 1.807) is 12.7 Å². The highest BCUT2D eigenvalue weighted by molar-refractivity contribution is 5.91. The standard InChI is InChI=1S/C26H34O3/c1-3-25-8-6-16-17-5-4-15(27)12-20(17)24(10-11-24)14-19(16)23(25)18-13-21(18)26(25)9-7-22(28-2)29-26/h7,9,12,16-19,21-23H,3-6,8,10-11,13-14H2,1-2H3/t16?,17-,18+,19?,21-,22?,23?,25+,26+/m1/s1. The molecule has 5 saturated carbocycles. The quantitative estimate of drug-likeness (QED) is 0.614. The van der Waals surface area contributed by atoms with Crippen LogP contribution in [0, 0.1) is 46.3 Å². The molecule has 0 saturated heterocycles. The van der Waals surface area contributed by atoms with Gasteiger partial charge in [0, 0.05) is 18.9 Å². The molecule has 3 heteroatoms. The molecule has 0 aromatic rings. The average molecular weight is 395 g/mol. The highest BCUT2D eigenvalue weighted by atomic mass is 16.7. The summed E-state index contributed by atoms with van der Waals surface area (Å²) < 4.78 is 12.4. The number of hydrogen-bond acceptors (Lipinski definition) is 3. The lowest BCUT2D eigenvalue weighted by molar-refractivity contribution is -0.211. The van der Waals surface area contributed by atoms with Crippen LogP contribution in [0.4, 0.5) is 0 Å². The van der Waals surface area contributed by atoms with E-state index in [-0.39, 0.29) is 11.9 Å². The predicted octanol–water partition coefficient (Wildman–Crippen LogP) is 5.06. The Bertz CT molecular complexity index is 837. The summed E-state index contributed by atoms with van der Waals surface area (Å²) >= 11 is 0.